The van der Waals surface area contributed by atoms with Crippen LogP contribution in [0.25, 0.3) is 32.9 Å². The first-order valence-electron chi connectivity index (χ1n) is 16.8. The lowest BCUT2D eigenvalue weighted by atomic mass is 9.91. The number of terminal acetylenes is 1. The molecule has 3 atom stereocenters. The molecule has 1 unspecified atom stereocenters. The fraction of sp³-hybridized carbons (Fsp3) is 0.472. The van der Waals surface area contributed by atoms with Crippen LogP contribution in [0.1, 0.15) is 62.6 Å². The van der Waals surface area contributed by atoms with E-state index in [9.17, 15) is 0 Å². The minimum atomic E-state index is -1.97. The number of alkyl halides is 2. The molecule has 7 heterocycles. The van der Waals surface area contributed by atoms with Gasteiger partial charge in [-0.25, -0.2) is 27.9 Å². The van der Waals surface area contributed by atoms with Gasteiger partial charge in [-0.05, 0) is 81.6 Å². The maximum absolute atomic E-state index is 17.2. The lowest BCUT2D eigenvalue weighted by Crippen LogP contribution is -2.68. The number of fused-ring (bicyclic) bond motifs is 7. The number of nitrogen functional groups attached to an aromatic ring is 1. The number of halogens is 4. The van der Waals surface area contributed by atoms with Crippen molar-refractivity contribution in [1.82, 2.24) is 25.2 Å². The molecule has 0 spiro atoms. The Morgan fingerprint density at radius 1 is 1.02 bits per heavy atom. The maximum atomic E-state index is 17.2. The number of pyridine rings is 1. The third-order valence-corrected chi connectivity index (χ3v) is 11.4. The molecular formula is C36H35F4N7O. The smallest absolute Gasteiger partial charge is 0.319 e. The zero-order valence-electron chi connectivity index (χ0n) is 26.4. The van der Waals surface area contributed by atoms with Gasteiger partial charge in [-0.1, -0.05) is 12.0 Å². The monoisotopic (exact) mass is 657 g/mol. The Balaban J connectivity index is 1.28. The molecule has 9 rings (SSSR count). The van der Waals surface area contributed by atoms with Crippen LogP contribution in [0, 0.1) is 24.0 Å². The van der Waals surface area contributed by atoms with E-state index in [0.29, 0.717) is 53.4 Å². The summed E-state index contributed by atoms with van der Waals surface area (Å²) >= 11 is 0. The zero-order chi connectivity index (χ0) is 33.0. The Morgan fingerprint density at radius 3 is 2.62 bits per heavy atom. The number of nitrogens with one attached hydrogen (secondary N) is 1. The van der Waals surface area contributed by atoms with Crippen molar-refractivity contribution >= 4 is 33.2 Å². The predicted octanol–water partition coefficient (Wildman–Crippen LogP) is 5.93. The highest BCUT2D eigenvalue weighted by atomic mass is 19.2. The molecule has 2 aromatic carbocycles. The number of anilines is 2. The molecule has 0 radical (unpaired) electrons. The minimum absolute atomic E-state index is 0.0153. The van der Waals surface area contributed by atoms with Gasteiger partial charge in [0.1, 0.15) is 29.5 Å². The quantitative estimate of drug-likeness (QED) is 0.121. The number of aromatic nitrogens is 3. The van der Waals surface area contributed by atoms with Gasteiger partial charge in [-0.3, -0.25) is 4.90 Å². The fourth-order valence-electron chi connectivity index (χ4n) is 9.23. The largest absolute Gasteiger partial charge is 0.461 e. The molecule has 248 valence electrons. The van der Waals surface area contributed by atoms with Crippen LogP contribution in [-0.4, -0.2) is 69.3 Å². The Labute approximate surface area is 275 Å². The third kappa shape index (κ3) is 4.33. The molecule has 5 aliphatic rings. The van der Waals surface area contributed by atoms with Crippen LogP contribution < -0.4 is 20.7 Å². The predicted molar refractivity (Wildman–Crippen MR) is 175 cm³/mol. The molecule has 2 aromatic heterocycles. The molecule has 0 aliphatic carbocycles. The average molecular weight is 658 g/mol. The SMILES string of the molecule is C#Cc1c(F)ccc2cc(N)cc(-c3nc4c5c(nc(OCC67CCCN6CCC7)nc5c3F)N3C[C@@]5(F)CC[C@](F)(N5)C3CCC4)c12. The van der Waals surface area contributed by atoms with Gasteiger partial charge in [-0.15, -0.1) is 6.42 Å². The molecule has 4 saturated heterocycles. The van der Waals surface area contributed by atoms with Gasteiger partial charge in [0.25, 0.3) is 0 Å². The van der Waals surface area contributed by atoms with E-state index in [-0.39, 0.29) is 59.1 Å². The van der Waals surface area contributed by atoms with Crippen molar-refractivity contribution in [2.45, 2.75) is 81.0 Å². The summed E-state index contributed by atoms with van der Waals surface area (Å²) in [6, 6.07) is 5.19. The van der Waals surface area contributed by atoms with Crippen molar-refractivity contribution in [1.29, 1.82) is 0 Å². The van der Waals surface area contributed by atoms with E-state index in [1.807, 2.05) is 0 Å². The van der Waals surface area contributed by atoms with Crippen molar-refractivity contribution in [3.05, 3.63) is 47.2 Å². The minimum Gasteiger partial charge on any atom is -0.461 e. The number of benzene rings is 2. The van der Waals surface area contributed by atoms with Gasteiger partial charge in [-0.2, -0.15) is 9.97 Å². The standard InChI is InChI=1S/C36H35F4N7O/c1-2-22-24(37)9-8-20-16-21(41)17-23(27(20)22)30-29(38)31-28-25(42-30)6-3-7-26-36(40)13-12-35(39,45-36)18-47(26)32(28)44-33(43-31)48-19-34-10-4-14-46(34)15-5-11-34/h1,8-9,16-17,26,45H,3-7,10-15,18-19,41H2/t26?,35-,36+/m1/s1. The summed E-state index contributed by atoms with van der Waals surface area (Å²) in [5.41, 5.74) is 6.95. The summed E-state index contributed by atoms with van der Waals surface area (Å²) in [5, 5.41) is 3.76. The molecule has 3 N–H and O–H groups in total. The molecular weight excluding hydrogens is 622 g/mol. The van der Waals surface area contributed by atoms with Crippen LogP contribution in [0.4, 0.5) is 29.1 Å². The highest BCUT2D eigenvalue weighted by Crippen LogP contribution is 2.49. The second-order valence-electron chi connectivity index (χ2n) is 14.2. The van der Waals surface area contributed by atoms with Crippen LogP contribution in [0.15, 0.2) is 24.3 Å². The molecule has 0 amide bonds. The maximum Gasteiger partial charge on any atom is 0.319 e. The molecule has 2 bridgehead atoms. The topological polar surface area (TPSA) is 92.4 Å². The molecule has 4 fully saturated rings. The first kappa shape index (κ1) is 29.9. The molecule has 48 heavy (non-hydrogen) atoms. The Hall–Kier alpha value is -4.21. The van der Waals surface area contributed by atoms with Crippen LogP contribution in [0.5, 0.6) is 6.01 Å². The lowest BCUT2D eigenvalue weighted by Gasteiger charge is -2.47. The summed E-state index contributed by atoms with van der Waals surface area (Å²) < 4.78 is 71.0. The number of nitrogens with two attached hydrogens (primary N) is 1. The van der Waals surface area contributed by atoms with E-state index < -0.39 is 29.3 Å². The number of aryl methyl sites for hydroxylation is 1. The second kappa shape index (κ2) is 10.4. The van der Waals surface area contributed by atoms with E-state index >= 15 is 17.6 Å². The normalized spacial score (nSPS) is 27.5. The molecule has 0 saturated carbocycles. The lowest BCUT2D eigenvalue weighted by molar-refractivity contribution is 0.00892. The summed E-state index contributed by atoms with van der Waals surface area (Å²) in [6.45, 7) is 2.14. The van der Waals surface area contributed by atoms with Gasteiger partial charge in [0, 0.05) is 29.5 Å². The van der Waals surface area contributed by atoms with E-state index in [1.165, 1.54) is 12.1 Å². The highest BCUT2D eigenvalue weighted by molar-refractivity contribution is 6.04. The Bertz CT molecular complexity index is 2060. The number of hydrogen-bond donors (Lipinski definition) is 2. The Kier molecular flexibility index (Phi) is 6.47. The molecule has 5 aliphatic heterocycles. The van der Waals surface area contributed by atoms with Gasteiger partial charge in [0.2, 0.25) is 0 Å². The summed E-state index contributed by atoms with van der Waals surface area (Å²) in [7, 11) is 0. The number of ether oxygens (including phenoxy) is 1. The van der Waals surface area contributed by atoms with Crippen molar-refractivity contribution in [2.24, 2.45) is 0 Å². The summed E-state index contributed by atoms with van der Waals surface area (Å²) in [5.74, 6) is -2.75. The first-order chi connectivity index (χ1) is 23.1. The summed E-state index contributed by atoms with van der Waals surface area (Å²) in [4.78, 5) is 18.4. The zero-order valence-corrected chi connectivity index (χ0v) is 26.4. The van der Waals surface area contributed by atoms with Crippen LogP contribution in [-0.2, 0) is 6.42 Å². The van der Waals surface area contributed by atoms with E-state index in [4.69, 9.17) is 26.9 Å². The summed E-state index contributed by atoms with van der Waals surface area (Å²) in [6.07, 6.45) is 11.1. The second-order valence-corrected chi connectivity index (χ2v) is 14.2. The molecule has 12 heteroatoms. The van der Waals surface area contributed by atoms with Gasteiger partial charge in [0.05, 0.1) is 34.8 Å². The molecule has 8 nitrogen and oxygen atoms in total. The van der Waals surface area contributed by atoms with Crippen LogP contribution in [0.2, 0.25) is 0 Å². The Morgan fingerprint density at radius 2 is 1.83 bits per heavy atom. The van der Waals surface area contributed by atoms with Gasteiger partial charge < -0.3 is 15.4 Å². The van der Waals surface area contributed by atoms with Crippen molar-refractivity contribution in [2.75, 3.05) is 36.9 Å². The molecule has 4 aromatic rings. The highest BCUT2D eigenvalue weighted by Gasteiger charge is 2.60. The number of rotatable bonds is 4. The van der Waals surface area contributed by atoms with Crippen molar-refractivity contribution < 1.29 is 22.3 Å². The van der Waals surface area contributed by atoms with E-state index in [1.54, 1.807) is 17.0 Å². The van der Waals surface area contributed by atoms with Crippen molar-refractivity contribution in [3.63, 3.8) is 0 Å². The average Bonchev–Trinajstić information content (AvgIpc) is 3.72. The third-order valence-electron chi connectivity index (χ3n) is 11.4. The van der Waals surface area contributed by atoms with Gasteiger partial charge in [0.15, 0.2) is 17.4 Å². The van der Waals surface area contributed by atoms with E-state index in [0.717, 1.165) is 38.8 Å². The number of nitrogens with zero attached hydrogens (tertiary/aromatic N) is 5. The number of hydrogen-bond acceptors (Lipinski definition) is 8. The van der Waals surface area contributed by atoms with Crippen LogP contribution >= 0.6 is 0 Å². The van der Waals surface area contributed by atoms with Crippen LogP contribution in [0.3, 0.4) is 0 Å². The number of piperazine rings is 1. The van der Waals surface area contributed by atoms with E-state index in [2.05, 4.69) is 21.1 Å². The fourth-order valence-corrected chi connectivity index (χ4v) is 9.23. The van der Waals surface area contributed by atoms with Gasteiger partial charge >= 0.3 is 6.01 Å². The first-order valence-corrected chi connectivity index (χ1v) is 16.8. The van der Waals surface area contributed by atoms with Crippen molar-refractivity contribution in [3.8, 4) is 29.6 Å².